The second-order valence-corrected chi connectivity index (χ2v) is 6.17. The lowest BCUT2D eigenvalue weighted by Gasteiger charge is -2.13. The van der Waals surface area contributed by atoms with Crippen LogP contribution in [0.1, 0.15) is 30.5 Å². The highest BCUT2D eigenvalue weighted by Gasteiger charge is 2.11. The summed E-state index contributed by atoms with van der Waals surface area (Å²) in [6.07, 6.45) is 0. The van der Waals surface area contributed by atoms with E-state index in [1.165, 1.54) is 6.07 Å². The highest BCUT2D eigenvalue weighted by Crippen LogP contribution is 2.32. The monoisotopic (exact) mass is 305 g/mol. The van der Waals surface area contributed by atoms with E-state index < -0.39 is 0 Å². The van der Waals surface area contributed by atoms with Gasteiger partial charge < -0.3 is 5.32 Å². The zero-order valence-electron chi connectivity index (χ0n) is 12.9. The summed E-state index contributed by atoms with van der Waals surface area (Å²) in [5, 5.41) is 3.93. The van der Waals surface area contributed by atoms with Gasteiger partial charge in [-0.1, -0.05) is 31.5 Å². The minimum Gasteiger partial charge on any atom is -0.310 e. The lowest BCUT2D eigenvalue weighted by Crippen LogP contribution is -2.21. The van der Waals surface area contributed by atoms with Crippen molar-refractivity contribution >= 4 is 11.6 Å². The largest absolute Gasteiger partial charge is 0.310 e. The SMILES string of the molecule is Cc1cc(Cl)c(-c2cc(CNC(C)C)ccc2F)cc1C. The molecule has 112 valence electrons. The Kier molecular flexibility index (Phi) is 5.02. The van der Waals surface area contributed by atoms with Gasteiger partial charge in [0.15, 0.2) is 0 Å². The van der Waals surface area contributed by atoms with Gasteiger partial charge in [-0.25, -0.2) is 4.39 Å². The van der Waals surface area contributed by atoms with Crippen LogP contribution >= 0.6 is 11.6 Å². The standard InChI is InChI=1S/C18H21ClFN/c1-11(2)21-10-14-5-6-18(20)16(9-14)15-7-12(3)13(4)8-17(15)19/h5-9,11,21H,10H2,1-4H3. The molecule has 0 saturated carbocycles. The topological polar surface area (TPSA) is 12.0 Å². The number of nitrogens with one attached hydrogen (secondary N) is 1. The molecule has 0 saturated heterocycles. The molecule has 0 spiro atoms. The predicted molar refractivity (Wildman–Crippen MR) is 88.3 cm³/mol. The summed E-state index contributed by atoms with van der Waals surface area (Å²) in [5.74, 6) is -0.242. The summed E-state index contributed by atoms with van der Waals surface area (Å²) >= 11 is 6.31. The first kappa shape index (κ1) is 16.0. The summed E-state index contributed by atoms with van der Waals surface area (Å²) in [4.78, 5) is 0. The lowest BCUT2D eigenvalue weighted by atomic mass is 9.98. The molecule has 1 N–H and O–H groups in total. The molecule has 2 aromatic carbocycles. The number of halogens is 2. The molecule has 0 unspecified atom stereocenters. The van der Waals surface area contributed by atoms with E-state index in [4.69, 9.17) is 11.6 Å². The van der Waals surface area contributed by atoms with Crippen LogP contribution in [0, 0.1) is 19.7 Å². The van der Waals surface area contributed by atoms with Gasteiger partial charge >= 0.3 is 0 Å². The quantitative estimate of drug-likeness (QED) is 0.812. The van der Waals surface area contributed by atoms with Gasteiger partial charge in [0, 0.05) is 28.7 Å². The molecular weight excluding hydrogens is 285 g/mol. The van der Waals surface area contributed by atoms with Gasteiger partial charge in [-0.3, -0.25) is 0 Å². The third-order valence-electron chi connectivity index (χ3n) is 3.62. The van der Waals surface area contributed by atoms with E-state index >= 15 is 0 Å². The maximum Gasteiger partial charge on any atom is 0.131 e. The zero-order chi connectivity index (χ0) is 15.6. The highest BCUT2D eigenvalue weighted by atomic mass is 35.5. The molecular formula is C18H21ClFN. The van der Waals surface area contributed by atoms with Gasteiger partial charge in [0.2, 0.25) is 0 Å². The Hall–Kier alpha value is -1.38. The number of rotatable bonds is 4. The molecule has 0 amide bonds. The van der Waals surface area contributed by atoms with Gasteiger partial charge in [-0.05, 0) is 54.8 Å². The third kappa shape index (κ3) is 3.84. The van der Waals surface area contributed by atoms with Crippen LogP contribution in [0.2, 0.25) is 5.02 Å². The summed E-state index contributed by atoms with van der Waals surface area (Å²) in [7, 11) is 0. The van der Waals surface area contributed by atoms with Crippen LogP contribution in [0.15, 0.2) is 30.3 Å². The fraction of sp³-hybridized carbons (Fsp3) is 0.333. The van der Waals surface area contributed by atoms with Crippen molar-refractivity contribution in [3.8, 4) is 11.1 Å². The van der Waals surface area contributed by atoms with E-state index in [0.717, 1.165) is 22.3 Å². The van der Waals surface area contributed by atoms with Gasteiger partial charge in [0.25, 0.3) is 0 Å². The van der Waals surface area contributed by atoms with Crippen LogP contribution in [0.3, 0.4) is 0 Å². The molecule has 0 bridgehead atoms. The van der Waals surface area contributed by atoms with Gasteiger partial charge in [-0.2, -0.15) is 0 Å². The second kappa shape index (κ2) is 6.59. The molecule has 0 aliphatic heterocycles. The minimum absolute atomic E-state index is 0.242. The molecule has 0 heterocycles. The summed E-state index contributed by atoms with van der Waals surface area (Å²) in [5.41, 5.74) is 4.59. The molecule has 0 aliphatic carbocycles. The van der Waals surface area contributed by atoms with E-state index in [0.29, 0.717) is 23.2 Å². The second-order valence-electron chi connectivity index (χ2n) is 5.77. The molecule has 0 fully saturated rings. The van der Waals surface area contributed by atoms with E-state index in [1.807, 2.05) is 38.1 Å². The van der Waals surface area contributed by atoms with E-state index in [1.54, 1.807) is 0 Å². The minimum atomic E-state index is -0.242. The molecule has 21 heavy (non-hydrogen) atoms. The van der Waals surface area contributed by atoms with Crippen molar-refractivity contribution < 1.29 is 4.39 Å². The van der Waals surface area contributed by atoms with Crippen molar-refractivity contribution in [2.75, 3.05) is 0 Å². The van der Waals surface area contributed by atoms with Crippen LogP contribution in [-0.4, -0.2) is 6.04 Å². The van der Waals surface area contributed by atoms with Gasteiger partial charge in [0.1, 0.15) is 5.82 Å². The van der Waals surface area contributed by atoms with E-state index in [2.05, 4.69) is 19.2 Å². The molecule has 2 aromatic rings. The number of benzene rings is 2. The van der Waals surface area contributed by atoms with Gasteiger partial charge in [0.05, 0.1) is 0 Å². The van der Waals surface area contributed by atoms with Crippen molar-refractivity contribution in [3.05, 3.63) is 57.9 Å². The fourth-order valence-electron chi connectivity index (χ4n) is 2.20. The lowest BCUT2D eigenvalue weighted by molar-refractivity contribution is 0.586. The smallest absolute Gasteiger partial charge is 0.131 e. The molecule has 0 radical (unpaired) electrons. The Balaban J connectivity index is 2.43. The van der Waals surface area contributed by atoms with Crippen molar-refractivity contribution in [1.29, 1.82) is 0 Å². The van der Waals surface area contributed by atoms with Crippen molar-refractivity contribution in [1.82, 2.24) is 5.32 Å². The first-order chi connectivity index (χ1) is 9.88. The Morgan fingerprint density at radius 3 is 2.38 bits per heavy atom. The molecule has 0 atom stereocenters. The van der Waals surface area contributed by atoms with Crippen molar-refractivity contribution in [2.45, 2.75) is 40.3 Å². The first-order valence-corrected chi connectivity index (χ1v) is 7.55. The van der Waals surface area contributed by atoms with Gasteiger partial charge in [-0.15, -0.1) is 0 Å². The Morgan fingerprint density at radius 2 is 1.71 bits per heavy atom. The van der Waals surface area contributed by atoms with E-state index in [9.17, 15) is 4.39 Å². The Bertz CT molecular complexity index is 650. The summed E-state index contributed by atoms with van der Waals surface area (Å²) < 4.78 is 14.2. The van der Waals surface area contributed by atoms with Crippen LogP contribution in [-0.2, 0) is 6.54 Å². The fourth-order valence-corrected chi connectivity index (χ4v) is 2.52. The van der Waals surface area contributed by atoms with Crippen molar-refractivity contribution in [3.63, 3.8) is 0 Å². The van der Waals surface area contributed by atoms with Crippen molar-refractivity contribution in [2.24, 2.45) is 0 Å². The Labute approximate surface area is 131 Å². The van der Waals surface area contributed by atoms with Crippen LogP contribution < -0.4 is 5.32 Å². The maximum atomic E-state index is 14.2. The molecule has 2 rings (SSSR count). The average molecular weight is 306 g/mol. The molecule has 0 aromatic heterocycles. The number of hydrogen-bond acceptors (Lipinski definition) is 1. The number of aryl methyl sites for hydroxylation is 2. The normalized spacial score (nSPS) is 11.2. The summed E-state index contributed by atoms with van der Waals surface area (Å²) in [6, 6.07) is 9.44. The Morgan fingerprint density at radius 1 is 1.05 bits per heavy atom. The molecule has 0 aliphatic rings. The van der Waals surface area contributed by atoms with Crippen LogP contribution in [0.25, 0.3) is 11.1 Å². The average Bonchev–Trinajstić information content (AvgIpc) is 2.42. The molecule has 1 nitrogen and oxygen atoms in total. The third-order valence-corrected chi connectivity index (χ3v) is 3.93. The zero-order valence-corrected chi connectivity index (χ0v) is 13.7. The molecule has 3 heteroatoms. The first-order valence-electron chi connectivity index (χ1n) is 7.17. The summed E-state index contributed by atoms with van der Waals surface area (Å²) in [6.45, 7) is 8.91. The van der Waals surface area contributed by atoms with Crippen LogP contribution in [0.4, 0.5) is 4.39 Å². The predicted octanol–water partition coefficient (Wildman–Crippen LogP) is 5.26. The maximum absolute atomic E-state index is 14.2. The highest BCUT2D eigenvalue weighted by molar-refractivity contribution is 6.33. The number of hydrogen-bond donors (Lipinski definition) is 1. The van der Waals surface area contributed by atoms with Crippen LogP contribution in [0.5, 0.6) is 0 Å². The van der Waals surface area contributed by atoms with E-state index in [-0.39, 0.29) is 5.82 Å².